The van der Waals surface area contributed by atoms with Crippen molar-refractivity contribution in [2.45, 2.75) is 19.4 Å². The third kappa shape index (κ3) is 2.03. The van der Waals surface area contributed by atoms with Crippen molar-refractivity contribution < 1.29 is 20.1 Å². The topological polar surface area (TPSA) is 77.8 Å². The zero-order valence-corrected chi connectivity index (χ0v) is 7.77. The second-order valence-electron chi connectivity index (χ2n) is 3.11. The number of hydrogen-bond donors (Lipinski definition) is 3. The first kappa shape index (κ1) is 10.5. The van der Waals surface area contributed by atoms with E-state index in [-0.39, 0.29) is 12.4 Å². The molecule has 3 N–H and O–H groups in total. The Hall–Kier alpha value is -1.55. The molecule has 1 unspecified atom stereocenters. The van der Waals surface area contributed by atoms with Gasteiger partial charge in [0.25, 0.3) is 0 Å². The molecule has 0 saturated carbocycles. The summed E-state index contributed by atoms with van der Waals surface area (Å²) in [7, 11) is 0. The van der Waals surface area contributed by atoms with Crippen molar-refractivity contribution in [3.63, 3.8) is 0 Å². The summed E-state index contributed by atoms with van der Waals surface area (Å²) in [6.45, 7) is 1.28. The summed E-state index contributed by atoms with van der Waals surface area (Å²) < 4.78 is 0. The van der Waals surface area contributed by atoms with Crippen LogP contribution in [0, 0.1) is 0 Å². The van der Waals surface area contributed by atoms with E-state index in [0.29, 0.717) is 11.1 Å². The minimum atomic E-state index is -0.943. The van der Waals surface area contributed by atoms with E-state index < -0.39 is 11.9 Å². The first-order valence-electron chi connectivity index (χ1n) is 4.21. The molecule has 0 bridgehead atoms. The standard InChI is InChI=1S/C10H12O4/c1-6(10(13)14)7-2-3-8(5-11)9(12)4-7/h2-4,6,11-12H,5H2,1H3,(H,13,14). The van der Waals surface area contributed by atoms with E-state index in [1.807, 2.05) is 0 Å². The molecule has 14 heavy (non-hydrogen) atoms. The van der Waals surface area contributed by atoms with Crippen LogP contribution in [0.5, 0.6) is 5.75 Å². The first-order valence-corrected chi connectivity index (χ1v) is 4.21. The molecule has 0 aliphatic heterocycles. The second-order valence-corrected chi connectivity index (χ2v) is 3.11. The maximum Gasteiger partial charge on any atom is 0.310 e. The zero-order chi connectivity index (χ0) is 10.7. The van der Waals surface area contributed by atoms with Crippen LogP contribution >= 0.6 is 0 Å². The number of carbonyl (C=O) groups is 1. The summed E-state index contributed by atoms with van der Waals surface area (Å²) in [5.41, 5.74) is 0.915. The van der Waals surface area contributed by atoms with Crippen LogP contribution in [0.1, 0.15) is 24.0 Å². The van der Waals surface area contributed by atoms with Gasteiger partial charge in [-0.25, -0.2) is 0 Å². The molecule has 76 valence electrons. The van der Waals surface area contributed by atoms with Crippen molar-refractivity contribution in [3.8, 4) is 5.75 Å². The van der Waals surface area contributed by atoms with Crippen LogP contribution < -0.4 is 0 Å². The van der Waals surface area contributed by atoms with Crippen LogP contribution in [0.4, 0.5) is 0 Å². The lowest BCUT2D eigenvalue weighted by Gasteiger charge is -2.08. The first-order chi connectivity index (χ1) is 6.56. The average molecular weight is 196 g/mol. The molecular weight excluding hydrogens is 184 g/mol. The van der Waals surface area contributed by atoms with Crippen molar-refractivity contribution in [1.29, 1.82) is 0 Å². The summed E-state index contributed by atoms with van der Waals surface area (Å²) in [5, 5.41) is 26.9. The van der Waals surface area contributed by atoms with Gasteiger partial charge in [0.1, 0.15) is 5.75 Å². The largest absolute Gasteiger partial charge is 0.508 e. The molecule has 4 heteroatoms. The number of aliphatic hydroxyl groups excluding tert-OH is 1. The average Bonchev–Trinajstić information content (AvgIpc) is 2.16. The molecule has 0 amide bonds. The van der Waals surface area contributed by atoms with E-state index in [1.165, 1.54) is 19.1 Å². The Morgan fingerprint density at radius 1 is 1.50 bits per heavy atom. The van der Waals surface area contributed by atoms with Gasteiger partial charge in [0.15, 0.2) is 0 Å². The van der Waals surface area contributed by atoms with Gasteiger partial charge >= 0.3 is 5.97 Å². The molecule has 0 radical (unpaired) electrons. The van der Waals surface area contributed by atoms with Crippen LogP contribution in [0.15, 0.2) is 18.2 Å². The van der Waals surface area contributed by atoms with Crippen LogP contribution in [-0.2, 0) is 11.4 Å². The predicted molar refractivity (Wildman–Crippen MR) is 50.1 cm³/mol. The Bertz CT molecular complexity index is 346. The molecule has 0 spiro atoms. The van der Waals surface area contributed by atoms with Crippen LogP contribution in [0.25, 0.3) is 0 Å². The van der Waals surface area contributed by atoms with E-state index in [2.05, 4.69) is 0 Å². The number of benzene rings is 1. The lowest BCUT2D eigenvalue weighted by Crippen LogP contribution is -2.07. The highest BCUT2D eigenvalue weighted by Gasteiger charge is 2.14. The van der Waals surface area contributed by atoms with Crippen molar-refractivity contribution in [1.82, 2.24) is 0 Å². The Labute approximate surface area is 81.4 Å². The van der Waals surface area contributed by atoms with Gasteiger partial charge in [0, 0.05) is 5.56 Å². The Morgan fingerprint density at radius 2 is 2.14 bits per heavy atom. The monoisotopic (exact) mass is 196 g/mol. The third-order valence-corrected chi connectivity index (χ3v) is 2.15. The fraction of sp³-hybridized carbons (Fsp3) is 0.300. The predicted octanol–water partition coefficient (Wildman–Crippen LogP) is 1.07. The number of aliphatic hydroxyl groups is 1. The number of phenols is 1. The quantitative estimate of drug-likeness (QED) is 0.675. The zero-order valence-electron chi connectivity index (χ0n) is 7.77. The number of carboxylic acid groups (broad SMARTS) is 1. The van der Waals surface area contributed by atoms with E-state index >= 15 is 0 Å². The minimum absolute atomic E-state index is 0.0712. The highest BCUT2D eigenvalue weighted by Crippen LogP contribution is 2.23. The van der Waals surface area contributed by atoms with Crippen molar-refractivity contribution in [2.24, 2.45) is 0 Å². The SMILES string of the molecule is CC(C(=O)O)c1ccc(CO)c(O)c1. The van der Waals surface area contributed by atoms with E-state index in [9.17, 15) is 9.90 Å². The molecular formula is C10H12O4. The number of aliphatic carboxylic acids is 1. The Kier molecular flexibility index (Phi) is 3.09. The van der Waals surface area contributed by atoms with Gasteiger partial charge in [-0.1, -0.05) is 12.1 Å². The highest BCUT2D eigenvalue weighted by atomic mass is 16.4. The maximum atomic E-state index is 10.6. The maximum absolute atomic E-state index is 10.6. The summed E-state index contributed by atoms with van der Waals surface area (Å²) in [6, 6.07) is 4.47. The van der Waals surface area contributed by atoms with Crippen molar-refractivity contribution >= 4 is 5.97 Å². The van der Waals surface area contributed by atoms with Gasteiger partial charge in [-0.3, -0.25) is 4.79 Å². The van der Waals surface area contributed by atoms with Crippen LogP contribution in [0.3, 0.4) is 0 Å². The van der Waals surface area contributed by atoms with Crippen LogP contribution in [0.2, 0.25) is 0 Å². The lowest BCUT2D eigenvalue weighted by atomic mass is 9.99. The number of rotatable bonds is 3. The third-order valence-electron chi connectivity index (χ3n) is 2.15. The van der Waals surface area contributed by atoms with E-state index in [4.69, 9.17) is 10.2 Å². The molecule has 0 aliphatic rings. The molecule has 0 aromatic heterocycles. The molecule has 0 saturated heterocycles. The minimum Gasteiger partial charge on any atom is -0.508 e. The number of hydrogen-bond acceptors (Lipinski definition) is 3. The second kappa shape index (κ2) is 4.11. The van der Waals surface area contributed by atoms with Gasteiger partial charge in [-0.2, -0.15) is 0 Å². The van der Waals surface area contributed by atoms with E-state index in [1.54, 1.807) is 6.07 Å². The highest BCUT2D eigenvalue weighted by molar-refractivity contribution is 5.75. The van der Waals surface area contributed by atoms with Crippen molar-refractivity contribution in [3.05, 3.63) is 29.3 Å². The van der Waals surface area contributed by atoms with Crippen molar-refractivity contribution in [2.75, 3.05) is 0 Å². The molecule has 1 rings (SSSR count). The summed E-state index contributed by atoms with van der Waals surface area (Å²) in [6.07, 6.45) is 0. The molecule has 1 aromatic rings. The van der Waals surface area contributed by atoms with Gasteiger partial charge in [-0.05, 0) is 18.6 Å². The summed E-state index contributed by atoms with van der Waals surface area (Å²) in [4.78, 5) is 10.6. The molecule has 4 nitrogen and oxygen atoms in total. The normalized spacial score (nSPS) is 12.4. The fourth-order valence-electron chi connectivity index (χ4n) is 1.13. The Morgan fingerprint density at radius 3 is 2.57 bits per heavy atom. The molecule has 1 atom stereocenters. The smallest absolute Gasteiger partial charge is 0.310 e. The molecule has 1 aromatic carbocycles. The van der Waals surface area contributed by atoms with Crippen LogP contribution in [-0.4, -0.2) is 21.3 Å². The molecule has 0 fully saturated rings. The number of aromatic hydroxyl groups is 1. The van der Waals surface area contributed by atoms with Gasteiger partial charge in [0.2, 0.25) is 0 Å². The summed E-state index contributed by atoms with van der Waals surface area (Å²) in [5.74, 6) is -1.67. The number of carboxylic acids is 1. The van der Waals surface area contributed by atoms with Gasteiger partial charge in [-0.15, -0.1) is 0 Å². The lowest BCUT2D eigenvalue weighted by molar-refractivity contribution is -0.138. The Balaban J connectivity index is 3.02. The fourth-order valence-corrected chi connectivity index (χ4v) is 1.13. The van der Waals surface area contributed by atoms with Gasteiger partial charge in [0.05, 0.1) is 12.5 Å². The van der Waals surface area contributed by atoms with E-state index in [0.717, 1.165) is 0 Å². The summed E-state index contributed by atoms with van der Waals surface area (Å²) >= 11 is 0. The van der Waals surface area contributed by atoms with Gasteiger partial charge < -0.3 is 15.3 Å². The molecule has 0 heterocycles. The molecule has 0 aliphatic carbocycles.